The number of pyridine rings is 1. The summed E-state index contributed by atoms with van der Waals surface area (Å²) in [5.74, 6) is -2.52. The summed E-state index contributed by atoms with van der Waals surface area (Å²) >= 11 is -2.14. The lowest BCUT2D eigenvalue weighted by Crippen LogP contribution is -2.09. The summed E-state index contributed by atoms with van der Waals surface area (Å²) < 4.78 is 34.2. The van der Waals surface area contributed by atoms with Crippen molar-refractivity contribution >= 4 is 17.0 Å². The van der Waals surface area contributed by atoms with Crippen molar-refractivity contribution in [1.29, 1.82) is 0 Å². The molecule has 100 valence electrons. The van der Waals surface area contributed by atoms with E-state index in [1.807, 2.05) is 0 Å². The van der Waals surface area contributed by atoms with Gasteiger partial charge in [-0.2, -0.15) is 0 Å². The summed E-state index contributed by atoms with van der Waals surface area (Å²) in [5.41, 5.74) is 0.443. The third-order valence-electron chi connectivity index (χ3n) is 2.53. The van der Waals surface area contributed by atoms with E-state index in [4.69, 9.17) is 5.11 Å². The summed E-state index contributed by atoms with van der Waals surface area (Å²) in [5, 5.41) is 8.78. The first kappa shape index (κ1) is 14.7. The van der Waals surface area contributed by atoms with Gasteiger partial charge < -0.3 is 9.66 Å². The van der Waals surface area contributed by atoms with Gasteiger partial charge in [-0.15, -0.1) is 0 Å². The lowest BCUT2D eigenvalue weighted by molar-refractivity contribution is -0.138. The van der Waals surface area contributed by atoms with Gasteiger partial charge in [-0.25, -0.2) is 4.39 Å². The van der Waals surface area contributed by atoms with Crippen LogP contribution in [0.25, 0.3) is 0 Å². The molecule has 0 fully saturated rings. The summed E-state index contributed by atoms with van der Waals surface area (Å²) in [6, 6.07) is 1.13. The van der Waals surface area contributed by atoms with E-state index in [1.165, 1.54) is 13.1 Å². The molecule has 1 heterocycles. The van der Waals surface area contributed by atoms with Crippen molar-refractivity contribution in [2.75, 3.05) is 5.75 Å². The van der Waals surface area contributed by atoms with Crippen LogP contribution < -0.4 is 0 Å². The fraction of sp³-hybridized carbons (Fsp3) is 0.455. The molecule has 0 saturated heterocycles. The molecule has 0 amide bonds. The molecule has 0 spiro atoms. The number of hydrogen-bond acceptors (Lipinski definition) is 4. The van der Waals surface area contributed by atoms with Crippen LogP contribution in [-0.2, 0) is 22.3 Å². The van der Waals surface area contributed by atoms with Crippen LogP contribution in [0.15, 0.2) is 12.3 Å². The van der Waals surface area contributed by atoms with E-state index in [9.17, 15) is 17.9 Å². The van der Waals surface area contributed by atoms with Gasteiger partial charge in [0.2, 0.25) is 0 Å². The second kappa shape index (κ2) is 6.55. The predicted molar refractivity (Wildman–Crippen MR) is 62.4 cm³/mol. The molecule has 0 aliphatic rings. The highest BCUT2D eigenvalue weighted by atomic mass is 32.2. The van der Waals surface area contributed by atoms with Crippen LogP contribution in [-0.4, -0.2) is 30.6 Å². The zero-order valence-corrected chi connectivity index (χ0v) is 10.6. The van der Waals surface area contributed by atoms with Crippen molar-refractivity contribution in [3.63, 3.8) is 0 Å². The summed E-state index contributed by atoms with van der Waals surface area (Å²) in [6.45, 7) is 1.44. The van der Waals surface area contributed by atoms with E-state index in [0.29, 0.717) is 0 Å². The molecule has 2 unspecified atom stereocenters. The van der Waals surface area contributed by atoms with Crippen molar-refractivity contribution in [3.8, 4) is 0 Å². The largest absolute Gasteiger partial charge is 0.772 e. The topological polar surface area (TPSA) is 90.3 Å². The van der Waals surface area contributed by atoms with Gasteiger partial charge in [0.05, 0.1) is 11.6 Å². The first-order valence-corrected chi connectivity index (χ1v) is 6.59. The van der Waals surface area contributed by atoms with Crippen molar-refractivity contribution in [2.24, 2.45) is 0 Å². The maximum atomic E-state index is 13.6. The Balaban J connectivity index is 2.73. The van der Waals surface area contributed by atoms with Gasteiger partial charge in [-0.3, -0.25) is 14.0 Å². The number of aliphatic carboxylic acids is 1. The molecule has 7 heteroatoms. The summed E-state index contributed by atoms with van der Waals surface area (Å²) in [6.07, 6.45) is 1.81. The number of carboxylic acid groups (broad SMARTS) is 1. The number of halogens is 1. The fourth-order valence-electron chi connectivity index (χ4n) is 1.40. The van der Waals surface area contributed by atoms with Crippen molar-refractivity contribution in [2.45, 2.75) is 25.7 Å². The average molecular weight is 274 g/mol. The second-order valence-electron chi connectivity index (χ2n) is 3.87. The Bertz CT molecular complexity index is 466. The van der Waals surface area contributed by atoms with Crippen LogP contribution in [0.1, 0.15) is 30.5 Å². The van der Waals surface area contributed by atoms with E-state index in [1.54, 1.807) is 0 Å². The van der Waals surface area contributed by atoms with Gasteiger partial charge in [0.1, 0.15) is 5.82 Å². The third kappa shape index (κ3) is 4.15. The Morgan fingerprint density at radius 1 is 1.67 bits per heavy atom. The molecule has 0 aromatic carbocycles. The normalized spacial score (nSPS) is 14.2. The molecule has 2 atom stereocenters. The molecule has 0 saturated carbocycles. The quantitative estimate of drug-likeness (QED) is 0.788. The average Bonchev–Trinajstić information content (AvgIpc) is 2.29. The Morgan fingerprint density at radius 2 is 2.33 bits per heavy atom. The minimum atomic E-state index is -2.14. The highest BCUT2D eigenvalue weighted by Crippen LogP contribution is 2.17. The van der Waals surface area contributed by atoms with Gasteiger partial charge in [0.25, 0.3) is 0 Å². The Morgan fingerprint density at radius 3 is 2.83 bits per heavy atom. The maximum Gasteiger partial charge on any atom is 0.310 e. The minimum absolute atomic E-state index is 0.0472. The number of hydrogen-bond donors (Lipinski definition) is 1. The Labute approximate surface area is 106 Å². The SMILES string of the molecule is CC(C(=O)O)c1cnc(CCCS(=O)[O-])c(F)c1. The highest BCUT2D eigenvalue weighted by molar-refractivity contribution is 7.79. The number of rotatable bonds is 6. The molecule has 1 rings (SSSR count). The highest BCUT2D eigenvalue weighted by Gasteiger charge is 2.16. The van der Waals surface area contributed by atoms with Crippen LogP contribution >= 0.6 is 0 Å². The summed E-state index contributed by atoms with van der Waals surface area (Å²) in [4.78, 5) is 14.6. The lowest BCUT2D eigenvalue weighted by Gasteiger charge is -2.09. The molecule has 1 N–H and O–H groups in total. The van der Waals surface area contributed by atoms with Crippen LogP contribution in [0.2, 0.25) is 0 Å². The smallest absolute Gasteiger partial charge is 0.310 e. The lowest BCUT2D eigenvalue weighted by atomic mass is 10.0. The minimum Gasteiger partial charge on any atom is -0.772 e. The number of aryl methyl sites for hydroxylation is 1. The fourth-order valence-corrected chi connectivity index (χ4v) is 1.78. The van der Waals surface area contributed by atoms with E-state index in [0.717, 1.165) is 6.07 Å². The molecular weight excluding hydrogens is 261 g/mol. The number of carboxylic acids is 1. The van der Waals surface area contributed by atoms with E-state index >= 15 is 0 Å². The molecule has 1 aromatic rings. The van der Waals surface area contributed by atoms with Gasteiger partial charge in [-0.05, 0) is 31.4 Å². The number of aromatic nitrogens is 1. The monoisotopic (exact) mass is 274 g/mol. The Kier molecular flexibility index (Phi) is 5.36. The van der Waals surface area contributed by atoms with E-state index in [2.05, 4.69) is 4.98 Å². The van der Waals surface area contributed by atoms with E-state index in [-0.39, 0.29) is 29.9 Å². The Hall–Kier alpha value is -1.34. The molecule has 0 radical (unpaired) electrons. The molecule has 0 bridgehead atoms. The second-order valence-corrected chi connectivity index (χ2v) is 4.88. The van der Waals surface area contributed by atoms with Gasteiger partial charge in [0.15, 0.2) is 0 Å². The van der Waals surface area contributed by atoms with Crippen molar-refractivity contribution in [1.82, 2.24) is 4.98 Å². The molecule has 0 aliphatic heterocycles. The first-order chi connectivity index (χ1) is 8.41. The van der Waals surface area contributed by atoms with E-state index < -0.39 is 28.8 Å². The number of carbonyl (C=O) groups is 1. The van der Waals surface area contributed by atoms with Crippen LogP contribution in [0.3, 0.4) is 0 Å². The van der Waals surface area contributed by atoms with Crippen molar-refractivity contribution < 1.29 is 23.1 Å². The molecule has 0 aliphatic carbocycles. The zero-order valence-electron chi connectivity index (χ0n) is 9.76. The summed E-state index contributed by atoms with van der Waals surface area (Å²) in [7, 11) is 0. The molecule has 1 aromatic heterocycles. The van der Waals surface area contributed by atoms with Crippen molar-refractivity contribution in [3.05, 3.63) is 29.3 Å². The molecule has 5 nitrogen and oxygen atoms in total. The zero-order chi connectivity index (χ0) is 13.7. The van der Waals surface area contributed by atoms with Gasteiger partial charge in [0, 0.05) is 11.9 Å². The van der Waals surface area contributed by atoms with Crippen LogP contribution in [0.4, 0.5) is 4.39 Å². The number of nitrogens with zero attached hydrogens (tertiary/aromatic N) is 1. The van der Waals surface area contributed by atoms with Gasteiger partial charge in [-0.1, -0.05) is 11.1 Å². The van der Waals surface area contributed by atoms with Crippen LogP contribution in [0, 0.1) is 5.82 Å². The molecule has 18 heavy (non-hydrogen) atoms. The molecular formula is C11H13FNO4S-. The van der Waals surface area contributed by atoms with Gasteiger partial charge >= 0.3 is 5.97 Å². The first-order valence-electron chi connectivity index (χ1n) is 5.34. The standard InChI is InChI=1S/C11H14FNO4S/c1-7(11(14)15)8-5-9(12)10(13-6-8)3-2-4-18(16)17/h5-7H,2-4H2,1H3,(H,14,15)(H,16,17)/p-1. The maximum absolute atomic E-state index is 13.6. The predicted octanol–water partition coefficient (Wildman–Crippen LogP) is 1.22. The van der Waals surface area contributed by atoms with Crippen LogP contribution in [0.5, 0.6) is 0 Å². The third-order valence-corrected chi connectivity index (χ3v) is 3.16.